The van der Waals surface area contributed by atoms with Gasteiger partial charge in [-0.05, 0) is 33.8 Å². The van der Waals surface area contributed by atoms with Crippen LogP contribution in [-0.4, -0.2) is 68.0 Å². The van der Waals surface area contributed by atoms with E-state index < -0.39 is 11.7 Å². The zero-order chi connectivity index (χ0) is 25.1. The molecule has 0 saturated heterocycles. The van der Waals surface area contributed by atoms with Gasteiger partial charge < -0.3 is 24.3 Å². The zero-order valence-electron chi connectivity index (χ0n) is 20.7. The first kappa shape index (κ1) is 30.4. The summed E-state index contributed by atoms with van der Waals surface area (Å²) < 4.78 is 20.6. The lowest BCUT2D eigenvalue weighted by Crippen LogP contribution is -2.34. The van der Waals surface area contributed by atoms with Crippen molar-refractivity contribution in [2.75, 3.05) is 40.1 Å². The molecule has 0 fully saturated rings. The molecule has 2 aromatic heterocycles. The van der Waals surface area contributed by atoms with Crippen LogP contribution in [0.4, 0.5) is 4.79 Å². The molecule has 0 aliphatic carbocycles. The van der Waals surface area contributed by atoms with Crippen LogP contribution in [0.1, 0.15) is 51.3 Å². The highest BCUT2D eigenvalue weighted by molar-refractivity contribution is 7.11. The Morgan fingerprint density at radius 2 is 1.91 bits per heavy atom. The topological polar surface area (TPSA) is 109 Å². The van der Waals surface area contributed by atoms with Crippen molar-refractivity contribution in [1.82, 2.24) is 15.3 Å². The van der Waals surface area contributed by atoms with Crippen LogP contribution in [0.25, 0.3) is 11.3 Å². The number of nitrogens with zero attached hydrogens (tertiary/aromatic N) is 2. The van der Waals surface area contributed by atoms with Crippen molar-refractivity contribution in [1.29, 1.82) is 0 Å². The first-order valence-corrected chi connectivity index (χ1v) is 11.7. The molecule has 0 radical (unpaired) electrons. The van der Waals surface area contributed by atoms with Crippen LogP contribution in [0, 0.1) is 0 Å². The largest absolute Gasteiger partial charge is 0.475 e. The van der Waals surface area contributed by atoms with E-state index in [4.69, 9.17) is 14.2 Å². The highest BCUT2D eigenvalue weighted by Gasteiger charge is 2.15. The molecular weight excluding hydrogens is 446 g/mol. The lowest BCUT2D eigenvalue weighted by atomic mass is 10.2. The molecule has 0 aromatic carbocycles. The first-order chi connectivity index (χ1) is 15.8. The van der Waals surface area contributed by atoms with Crippen molar-refractivity contribution < 1.29 is 28.5 Å². The second-order valence-corrected chi connectivity index (χ2v) is 7.93. The summed E-state index contributed by atoms with van der Waals surface area (Å²) in [6.07, 6.45) is 1.88. The standard InChI is InChI=1S/C18H23N3O5S.C3H8O.C2H6/c1-18(2,3)26-17(23)20-6-7-24-8-9-25-15-10-13(4-5-19-15)14-12-27-16(11-22)21-14;1-3-4-2;1-2/h4-5,10-12H,6-9H2,1-3H3,(H,20,23);3H2,1-2H3;1-2H3. The van der Waals surface area contributed by atoms with Crippen molar-refractivity contribution >= 4 is 23.7 Å². The number of methoxy groups -OCH3 is 1. The molecule has 10 heteroatoms. The number of carbonyl (C=O) groups excluding carboxylic acids is 2. The third-order valence-corrected chi connectivity index (χ3v) is 4.10. The van der Waals surface area contributed by atoms with Gasteiger partial charge in [-0.15, -0.1) is 11.3 Å². The molecule has 0 saturated carbocycles. The normalized spacial score (nSPS) is 10.2. The smallest absolute Gasteiger partial charge is 0.407 e. The van der Waals surface area contributed by atoms with Crippen molar-refractivity contribution in [2.24, 2.45) is 0 Å². The minimum atomic E-state index is -0.520. The summed E-state index contributed by atoms with van der Waals surface area (Å²) in [5.74, 6) is 0.448. The summed E-state index contributed by atoms with van der Waals surface area (Å²) in [5.41, 5.74) is 1.01. The molecule has 0 spiro atoms. The van der Waals surface area contributed by atoms with E-state index in [0.717, 1.165) is 18.5 Å². The fraction of sp³-hybridized carbons (Fsp3) is 0.565. The summed E-state index contributed by atoms with van der Waals surface area (Å²) in [7, 11) is 1.68. The number of hydrogen-bond acceptors (Lipinski definition) is 9. The van der Waals surface area contributed by atoms with E-state index in [1.807, 2.05) is 26.2 Å². The Balaban J connectivity index is 0.00000154. The van der Waals surface area contributed by atoms with Gasteiger partial charge in [0, 0.05) is 43.5 Å². The maximum Gasteiger partial charge on any atom is 0.407 e. The molecule has 33 heavy (non-hydrogen) atoms. The number of pyridine rings is 1. The number of rotatable bonds is 10. The van der Waals surface area contributed by atoms with Gasteiger partial charge in [0.25, 0.3) is 0 Å². The van der Waals surface area contributed by atoms with E-state index in [0.29, 0.717) is 42.9 Å². The Kier molecular flexibility index (Phi) is 16.5. The predicted molar refractivity (Wildman–Crippen MR) is 130 cm³/mol. The van der Waals surface area contributed by atoms with Gasteiger partial charge in [-0.1, -0.05) is 13.8 Å². The summed E-state index contributed by atoms with van der Waals surface area (Å²) in [6.45, 7) is 13.6. The number of aldehydes is 1. The monoisotopic (exact) mass is 483 g/mol. The minimum absolute atomic E-state index is 0.319. The molecule has 1 N–H and O–H groups in total. The third kappa shape index (κ3) is 15.0. The number of alkyl carbamates (subject to hydrolysis) is 1. The van der Waals surface area contributed by atoms with Gasteiger partial charge in [-0.25, -0.2) is 14.8 Å². The second kappa shape index (κ2) is 17.9. The van der Waals surface area contributed by atoms with Crippen molar-refractivity contribution in [2.45, 2.75) is 47.1 Å². The molecule has 2 heterocycles. The van der Waals surface area contributed by atoms with Crippen LogP contribution < -0.4 is 10.1 Å². The van der Waals surface area contributed by atoms with E-state index >= 15 is 0 Å². The number of ether oxygens (including phenoxy) is 4. The van der Waals surface area contributed by atoms with E-state index in [9.17, 15) is 9.59 Å². The lowest BCUT2D eigenvalue weighted by molar-refractivity contribution is 0.0488. The summed E-state index contributed by atoms with van der Waals surface area (Å²) >= 11 is 1.28. The molecule has 0 aliphatic heterocycles. The number of nitrogens with one attached hydrogen (secondary N) is 1. The fourth-order valence-corrected chi connectivity index (χ4v) is 2.60. The van der Waals surface area contributed by atoms with Gasteiger partial charge in [0.05, 0.1) is 18.9 Å². The molecular formula is C23H37N3O6S. The fourth-order valence-electron chi connectivity index (χ4n) is 1.97. The van der Waals surface area contributed by atoms with E-state index in [-0.39, 0.29) is 0 Å². The highest BCUT2D eigenvalue weighted by Crippen LogP contribution is 2.23. The molecule has 0 unspecified atom stereocenters. The molecule has 2 aromatic rings. The maximum absolute atomic E-state index is 11.5. The maximum atomic E-state index is 11.5. The van der Waals surface area contributed by atoms with Gasteiger partial charge in [-0.3, -0.25) is 4.79 Å². The molecule has 2 rings (SSSR count). The van der Waals surface area contributed by atoms with Gasteiger partial charge in [0.2, 0.25) is 5.88 Å². The van der Waals surface area contributed by atoms with Crippen LogP contribution in [0.5, 0.6) is 5.88 Å². The van der Waals surface area contributed by atoms with Crippen LogP contribution in [-0.2, 0) is 14.2 Å². The number of carbonyl (C=O) groups is 2. The van der Waals surface area contributed by atoms with Crippen LogP contribution >= 0.6 is 11.3 Å². The molecule has 0 atom stereocenters. The quantitative estimate of drug-likeness (QED) is 0.385. The average Bonchev–Trinajstić information content (AvgIpc) is 3.28. The minimum Gasteiger partial charge on any atom is -0.475 e. The van der Waals surface area contributed by atoms with E-state index in [1.54, 1.807) is 46.2 Å². The van der Waals surface area contributed by atoms with Crippen molar-refractivity contribution in [3.05, 3.63) is 28.7 Å². The molecule has 1 amide bonds. The average molecular weight is 484 g/mol. The Hall–Kier alpha value is -2.56. The molecule has 186 valence electrons. The van der Waals surface area contributed by atoms with Gasteiger partial charge in [-0.2, -0.15) is 0 Å². The molecule has 0 aliphatic rings. The van der Waals surface area contributed by atoms with Crippen LogP contribution in [0.15, 0.2) is 23.7 Å². The van der Waals surface area contributed by atoms with Crippen LogP contribution in [0.3, 0.4) is 0 Å². The van der Waals surface area contributed by atoms with E-state index in [1.165, 1.54) is 11.3 Å². The summed E-state index contributed by atoms with van der Waals surface area (Å²) in [5, 5.41) is 4.85. The SMILES string of the molecule is CC.CC(C)(C)OC(=O)NCCOCCOc1cc(-c2csc(C=O)n2)ccn1.CCOC. The number of aromatic nitrogens is 2. The van der Waals surface area contributed by atoms with E-state index in [2.05, 4.69) is 20.0 Å². The number of amides is 1. The summed E-state index contributed by atoms with van der Waals surface area (Å²) in [4.78, 5) is 30.5. The Labute approximate surface area is 200 Å². The van der Waals surface area contributed by atoms with Gasteiger partial charge in [0.1, 0.15) is 12.2 Å². The summed E-state index contributed by atoms with van der Waals surface area (Å²) in [6, 6.07) is 3.56. The Morgan fingerprint density at radius 1 is 1.21 bits per heavy atom. The zero-order valence-corrected chi connectivity index (χ0v) is 21.5. The van der Waals surface area contributed by atoms with Crippen LogP contribution in [0.2, 0.25) is 0 Å². The Bertz CT molecular complexity index is 790. The molecule has 0 bridgehead atoms. The predicted octanol–water partition coefficient (Wildman–Crippen LogP) is 4.62. The first-order valence-electron chi connectivity index (χ1n) is 10.8. The highest BCUT2D eigenvalue weighted by atomic mass is 32.1. The van der Waals surface area contributed by atoms with Crippen molar-refractivity contribution in [3.63, 3.8) is 0 Å². The van der Waals surface area contributed by atoms with Crippen molar-refractivity contribution in [3.8, 4) is 17.1 Å². The number of thiazole rings is 1. The Morgan fingerprint density at radius 3 is 2.48 bits per heavy atom. The third-order valence-electron chi connectivity index (χ3n) is 3.33. The molecule has 9 nitrogen and oxygen atoms in total. The van der Waals surface area contributed by atoms with Gasteiger partial charge in [0.15, 0.2) is 11.3 Å². The van der Waals surface area contributed by atoms with Gasteiger partial charge >= 0.3 is 6.09 Å². The second-order valence-electron chi connectivity index (χ2n) is 7.04. The number of hydrogen-bond donors (Lipinski definition) is 1. The lowest BCUT2D eigenvalue weighted by Gasteiger charge is -2.19.